The summed E-state index contributed by atoms with van der Waals surface area (Å²) in [6.45, 7) is 8.64. The zero-order valence-corrected chi connectivity index (χ0v) is 27.0. The normalized spacial score (nSPS) is 12.4. The number of methoxy groups -OCH3 is 1. The Morgan fingerprint density at radius 1 is 0.976 bits per heavy atom. The van der Waals surface area contributed by atoms with Crippen LogP contribution in [0, 0.1) is 6.92 Å². The molecule has 0 aliphatic rings. The highest BCUT2D eigenvalue weighted by atomic mass is 35.5. The van der Waals surface area contributed by atoms with Gasteiger partial charge in [-0.2, -0.15) is 0 Å². The van der Waals surface area contributed by atoms with Crippen LogP contribution in [0.4, 0.5) is 5.69 Å². The van der Waals surface area contributed by atoms with Crippen molar-refractivity contribution in [1.82, 2.24) is 10.2 Å². The minimum atomic E-state index is -4.28. The molecule has 1 N–H and O–H groups in total. The van der Waals surface area contributed by atoms with Crippen LogP contribution in [-0.4, -0.2) is 50.4 Å². The maximum Gasteiger partial charge on any atom is 0.264 e. The summed E-state index contributed by atoms with van der Waals surface area (Å²) in [7, 11) is -2.72. The van der Waals surface area contributed by atoms with Crippen molar-refractivity contribution in [2.45, 2.75) is 64.1 Å². The second-order valence-electron chi connectivity index (χ2n) is 11.0. The monoisotopic (exact) mass is 633 g/mol. The fourth-order valence-electron chi connectivity index (χ4n) is 4.33. The number of nitrogens with zero attached hydrogens (tertiary/aromatic N) is 2. The zero-order chi connectivity index (χ0) is 31.2. The first-order valence-corrected chi connectivity index (χ1v) is 15.6. The van der Waals surface area contributed by atoms with Crippen LogP contribution in [0.2, 0.25) is 10.0 Å². The molecular weight excluding hydrogens is 597 g/mol. The van der Waals surface area contributed by atoms with Crippen molar-refractivity contribution >= 4 is 50.7 Å². The molecule has 8 nitrogen and oxygen atoms in total. The van der Waals surface area contributed by atoms with Gasteiger partial charge in [-0.05, 0) is 82.1 Å². The number of hydrogen-bond acceptors (Lipinski definition) is 5. The summed E-state index contributed by atoms with van der Waals surface area (Å²) in [6, 6.07) is 16.9. The average Bonchev–Trinajstić information content (AvgIpc) is 2.92. The van der Waals surface area contributed by atoms with Crippen molar-refractivity contribution in [2.24, 2.45) is 0 Å². The number of carbonyl (C=O) groups excluding carboxylic acids is 2. The van der Waals surface area contributed by atoms with Crippen molar-refractivity contribution in [2.75, 3.05) is 18.0 Å². The third-order valence-electron chi connectivity index (χ3n) is 6.46. The topological polar surface area (TPSA) is 96.0 Å². The first kappa shape index (κ1) is 33.2. The van der Waals surface area contributed by atoms with Crippen LogP contribution < -0.4 is 14.4 Å². The van der Waals surface area contributed by atoms with E-state index in [-0.39, 0.29) is 33.1 Å². The summed E-state index contributed by atoms with van der Waals surface area (Å²) in [5.41, 5.74) is 1.11. The smallest absolute Gasteiger partial charge is 0.264 e. The minimum absolute atomic E-state index is 0.0174. The number of sulfonamides is 1. The molecule has 0 saturated carbocycles. The number of nitrogens with one attached hydrogen (secondary N) is 1. The van der Waals surface area contributed by atoms with Crippen molar-refractivity contribution in [3.05, 3.63) is 87.9 Å². The van der Waals surface area contributed by atoms with Crippen molar-refractivity contribution in [1.29, 1.82) is 0 Å². The highest BCUT2D eigenvalue weighted by Gasteiger charge is 2.35. The van der Waals surface area contributed by atoms with E-state index in [4.69, 9.17) is 27.9 Å². The summed E-state index contributed by atoms with van der Waals surface area (Å²) in [5.74, 6) is -0.297. The highest BCUT2D eigenvalue weighted by Crippen LogP contribution is 2.33. The average molecular weight is 635 g/mol. The van der Waals surface area contributed by atoms with E-state index in [2.05, 4.69) is 5.32 Å². The maximum atomic E-state index is 14.2. The van der Waals surface area contributed by atoms with Gasteiger partial charge in [-0.3, -0.25) is 13.9 Å². The Labute approximate surface area is 258 Å². The molecule has 0 aliphatic heterocycles. The van der Waals surface area contributed by atoms with Gasteiger partial charge in [-0.1, -0.05) is 60.0 Å². The lowest BCUT2D eigenvalue weighted by molar-refractivity contribution is -0.141. The third kappa shape index (κ3) is 8.40. The van der Waals surface area contributed by atoms with Crippen LogP contribution in [0.25, 0.3) is 0 Å². The van der Waals surface area contributed by atoms with Gasteiger partial charge in [0.25, 0.3) is 10.0 Å². The van der Waals surface area contributed by atoms with E-state index >= 15 is 0 Å². The predicted molar refractivity (Wildman–Crippen MR) is 168 cm³/mol. The molecular formula is C31H37Cl2N3O5S. The molecule has 226 valence electrons. The Hall–Kier alpha value is -3.27. The second-order valence-corrected chi connectivity index (χ2v) is 13.7. The quantitative estimate of drug-likeness (QED) is 0.270. The Morgan fingerprint density at radius 2 is 1.60 bits per heavy atom. The standard InChI is InChI=1S/C31H37Cl2N3O5S/c1-7-27(30(38)34-31(3,4)5)35(19-22-10-13-24(41-6)14-11-22)29(37)20-36(28-18-23(32)12-17-26(28)33)42(39,40)25-15-8-21(2)9-16-25/h8-18,27H,7,19-20H2,1-6H3,(H,34,38). The van der Waals surface area contributed by atoms with E-state index in [1.165, 1.54) is 35.2 Å². The molecule has 3 rings (SSSR count). The molecule has 42 heavy (non-hydrogen) atoms. The van der Waals surface area contributed by atoms with Gasteiger partial charge in [0.1, 0.15) is 18.3 Å². The Balaban J connectivity index is 2.11. The molecule has 0 fully saturated rings. The largest absolute Gasteiger partial charge is 0.497 e. The summed E-state index contributed by atoms with van der Waals surface area (Å²) in [6.07, 6.45) is 0.298. The molecule has 1 atom stereocenters. The molecule has 3 aromatic carbocycles. The van der Waals surface area contributed by atoms with Crippen LogP contribution in [0.15, 0.2) is 71.6 Å². The predicted octanol–water partition coefficient (Wildman–Crippen LogP) is 6.23. The molecule has 0 aromatic heterocycles. The second kappa shape index (κ2) is 13.8. The van der Waals surface area contributed by atoms with Gasteiger partial charge < -0.3 is 15.0 Å². The fraction of sp³-hybridized carbons (Fsp3) is 0.355. The molecule has 0 saturated heterocycles. The summed E-state index contributed by atoms with van der Waals surface area (Å²) < 4.78 is 34.2. The van der Waals surface area contributed by atoms with Crippen LogP contribution >= 0.6 is 23.2 Å². The molecule has 1 unspecified atom stereocenters. The van der Waals surface area contributed by atoms with Crippen molar-refractivity contribution in [3.8, 4) is 5.75 Å². The van der Waals surface area contributed by atoms with Crippen molar-refractivity contribution in [3.63, 3.8) is 0 Å². The number of rotatable bonds is 11. The lowest BCUT2D eigenvalue weighted by Crippen LogP contribution is -2.55. The zero-order valence-electron chi connectivity index (χ0n) is 24.6. The Bertz CT molecular complexity index is 1510. The van der Waals surface area contributed by atoms with Gasteiger partial charge in [-0.15, -0.1) is 0 Å². The van der Waals surface area contributed by atoms with E-state index < -0.39 is 34.1 Å². The van der Waals surface area contributed by atoms with E-state index in [0.717, 1.165) is 15.4 Å². The Morgan fingerprint density at radius 3 is 2.14 bits per heavy atom. The number of halogens is 2. The molecule has 0 spiro atoms. The fourth-order valence-corrected chi connectivity index (χ4v) is 6.19. The van der Waals surface area contributed by atoms with E-state index in [0.29, 0.717) is 12.2 Å². The lowest BCUT2D eigenvalue weighted by Gasteiger charge is -2.35. The summed E-state index contributed by atoms with van der Waals surface area (Å²) in [4.78, 5) is 29.0. The highest BCUT2D eigenvalue weighted by molar-refractivity contribution is 7.92. The number of benzene rings is 3. The SMILES string of the molecule is CCC(C(=O)NC(C)(C)C)N(Cc1ccc(OC)cc1)C(=O)CN(c1cc(Cl)ccc1Cl)S(=O)(=O)c1ccc(C)cc1. The molecule has 2 amide bonds. The van der Waals surface area contributed by atoms with Crippen LogP contribution in [0.3, 0.4) is 0 Å². The van der Waals surface area contributed by atoms with Gasteiger partial charge in [-0.25, -0.2) is 8.42 Å². The molecule has 0 heterocycles. The van der Waals surface area contributed by atoms with Crippen LogP contribution in [0.5, 0.6) is 5.75 Å². The van der Waals surface area contributed by atoms with Crippen molar-refractivity contribution < 1.29 is 22.7 Å². The molecule has 0 radical (unpaired) electrons. The first-order chi connectivity index (χ1) is 19.7. The van der Waals surface area contributed by atoms with Crippen LogP contribution in [0.1, 0.15) is 45.2 Å². The van der Waals surface area contributed by atoms with Gasteiger partial charge in [0.15, 0.2) is 0 Å². The molecule has 3 aromatic rings. The molecule has 0 bridgehead atoms. The first-order valence-electron chi connectivity index (χ1n) is 13.4. The third-order valence-corrected chi connectivity index (χ3v) is 8.79. The van der Waals surface area contributed by atoms with E-state index in [1.54, 1.807) is 50.4 Å². The lowest BCUT2D eigenvalue weighted by atomic mass is 10.1. The number of ether oxygens (including phenoxy) is 1. The number of hydrogen-bond donors (Lipinski definition) is 1. The van der Waals surface area contributed by atoms with Gasteiger partial charge in [0.2, 0.25) is 11.8 Å². The minimum Gasteiger partial charge on any atom is -0.497 e. The van der Waals surface area contributed by atoms with E-state index in [9.17, 15) is 18.0 Å². The maximum absolute atomic E-state index is 14.2. The van der Waals surface area contributed by atoms with Gasteiger partial charge in [0, 0.05) is 17.1 Å². The summed E-state index contributed by atoms with van der Waals surface area (Å²) >= 11 is 12.7. The number of carbonyl (C=O) groups is 2. The van der Waals surface area contributed by atoms with Gasteiger partial charge in [0.05, 0.1) is 22.7 Å². The summed E-state index contributed by atoms with van der Waals surface area (Å²) in [5, 5.41) is 3.30. The van der Waals surface area contributed by atoms with E-state index in [1.807, 2.05) is 27.7 Å². The van der Waals surface area contributed by atoms with Crippen LogP contribution in [-0.2, 0) is 26.2 Å². The Kier molecular flexibility index (Phi) is 10.9. The van der Waals surface area contributed by atoms with Gasteiger partial charge >= 0.3 is 0 Å². The number of anilines is 1. The molecule has 11 heteroatoms. The number of aryl methyl sites for hydroxylation is 1. The molecule has 0 aliphatic carbocycles. The number of amides is 2.